The van der Waals surface area contributed by atoms with Crippen LogP contribution in [0.25, 0.3) is 32.3 Å². The Morgan fingerprint density at radius 3 is 1.62 bits per heavy atom. The summed E-state index contributed by atoms with van der Waals surface area (Å²) < 4.78 is 2.75. The van der Waals surface area contributed by atoms with Gasteiger partial charge in [0.1, 0.15) is 0 Å². The van der Waals surface area contributed by atoms with Gasteiger partial charge in [-0.15, -0.1) is 11.3 Å². The molecule has 3 heterocycles. The van der Waals surface area contributed by atoms with Gasteiger partial charge in [0.05, 0.1) is 11.4 Å². The van der Waals surface area contributed by atoms with Crippen LogP contribution in [0.15, 0.2) is 133 Å². The minimum absolute atomic E-state index is 0.000523. The van der Waals surface area contributed by atoms with Crippen molar-refractivity contribution in [1.29, 1.82) is 0 Å². The van der Waals surface area contributed by atoms with E-state index in [1.807, 2.05) is 11.3 Å². The Morgan fingerprint density at radius 1 is 0.431 bits per heavy atom. The average molecular weight is 963 g/mol. The number of aryl methyl sites for hydroxylation is 1. The second-order valence-corrected chi connectivity index (χ2v) is 27.7. The van der Waals surface area contributed by atoms with E-state index in [0.29, 0.717) is 0 Å². The fraction of sp³-hybridized carbons (Fsp3) is 0.353. The quantitative estimate of drug-likeness (QED) is 0.162. The maximum Gasteiger partial charge on any atom is 0.264 e. The Bertz CT molecular complexity index is 3410. The number of hydrogen-bond donors (Lipinski definition) is 0. The molecule has 0 radical (unpaired) electrons. The molecule has 0 bridgehead atoms. The van der Waals surface area contributed by atoms with E-state index in [9.17, 15) is 0 Å². The van der Waals surface area contributed by atoms with Gasteiger partial charge in [0, 0.05) is 43.2 Å². The number of nitrogens with zero attached hydrogens (tertiary/aromatic N) is 2. The van der Waals surface area contributed by atoms with Crippen molar-refractivity contribution in [2.75, 3.05) is 9.80 Å². The van der Waals surface area contributed by atoms with Crippen molar-refractivity contribution >= 4 is 78.0 Å². The zero-order chi connectivity index (χ0) is 51.0. The van der Waals surface area contributed by atoms with Gasteiger partial charge in [0.25, 0.3) is 6.71 Å². The SMILES string of the molecule is CC(C)(C)c1cc(-c2ccc(N3c4cccc5c4B(c4cc(C(C)(C)C)ccc4N5c4ccc(C(C)(C)C)cc4-c4cccc5c4CCCC5)c4sc5ccc(C(C)(C)C)cc5c43)cc2)cc(C(C)(C)C)c1. The van der Waals surface area contributed by atoms with Crippen molar-refractivity contribution in [3.8, 4) is 22.3 Å². The molecule has 0 saturated heterocycles. The van der Waals surface area contributed by atoms with Crippen molar-refractivity contribution in [1.82, 2.24) is 0 Å². The van der Waals surface area contributed by atoms with Gasteiger partial charge in [-0.05, 0) is 174 Å². The summed E-state index contributed by atoms with van der Waals surface area (Å²) >= 11 is 2.00. The summed E-state index contributed by atoms with van der Waals surface area (Å²) in [7, 11) is 0. The van der Waals surface area contributed by atoms with Gasteiger partial charge in [-0.2, -0.15) is 0 Å². The predicted molar refractivity (Wildman–Crippen MR) is 317 cm³/mol. The van der Waals surface area contributed by atoms with E-state index in [2.05, 4.69) is 247 Å². The first kappa shape index (κ1) is 48.4. The number of fused-ring (bicyclic) bond motifs is 7. The number of anilines is 6. The molecule has 1 aliphatic carbocycles. The standard InChI is InChI=1S/C68H75BN2S/c1-64(2,3)45-28-33-56(53(39-45)52-23-18-21-43-20-16-17-22-51(43)52)71-57-34-29-47(66(7,8)9)41-55(57)69-61-58(24-19-25-59(61)71)70(62-54-40-46(65(4,5)6)30-35-60(54)72-63(62)69)50-31-26-42(27-32-50)44-36-48(67(10,11)12)38-49(37-44)68(13,14)15/h18-19,21,23-41H,16-17,20,22H2,1-15H3. The molecular weight excluding hydrogens is 888 g/mol. The topological polar surface area (TPSA) is 6.48 Å². The molecule has 3 aliphatic rings. The van der Waals surface area contributed by atoms with Gasteiger partial charge in [-0.3, -0.25) is 0 Å². The van der Waals surface area contributed by atoms with Crippen LogP contribution in [0.4, 0.5) is 34.1 Å². The van der Waals surface area contributed by atoms with Crippen LogP contribution in [0.5, 0.6) is 0 Å². The van der Waals surface area contributed by atoms with E-state index in [1.54, 1.807) is 0 Å². The number of hydrogen-bond acceptors (Lipinski definition) is 3. The highest BCUT2D eigenvalue weighted by molar-refractivity contribution is 7.33. The first-order chi connectivity index (χ1) is 33.9. The van der Waals surface area contributed by atoms with E-state index in [-0.39, 0.29) is 33.8 Å². The molecule has 0 spiro atoms. The minimum Gasteiger partial charge on any atom is -0.311 e. The van der Waals surface area contributed by atoms with Crippen LogP contribution in [-0.2, 0) is 39.9 Å². The summed E-state index contributed by atoms with van der Waals surface area (Å²) in [5.74, 6) is 0. The van der Waals surface area contributed by atoms with Crippen molar-refractivity contribution in [2.24, 2.45) is 0 Å². The zero-order valence-electron chi connectivity index (χ0n) is 45.9. The van der Waals surface area contributed by atoms with Crippen LogP contribution in [0.3, 0.4) is 0 Å². The van der Waals surface area contributed by atoms with Crippen molar-refractivity contribution in [3.05, 3.63) is 172 Å². The second kappa shape index (κ2) is 16.9. The van der Waals surface area contributed by atoms with Gasteiger partial charge >= 0.3 is 0 Å². The first-order valence-corrected chi connectivity index (χ1v) is 27.6. The monoisotopic (exact) mass is 963 g/mol. The molecular formula is C68H75BN2S. The number of benzene rings is 7. The summed E-state index contributed by atoms with van der Waals surface area (Å²) in [6.45, 7) is 35.2. The molecule has 0 unspecified atom stereocenters. The van der Waals surface area contributed by atoms with Crippen LogP contribution in [-0.4, -0.2) is 6.71 Å². The Balaban J connectivity index is 1.19. The molecule has 1 aromatic heterocycles. The van der Waals surface area contributed by atoms with Crippen molar-refractivity contribution in [2.45, 2.75) is 157 Å². The Hall–Kier alpha value is -5.84. The lowest BCUT2D eigenvalue weighted by atomic mass is 9.36. The molecule has 7 aromatic carbocycles. The van der Waals surface area contributed by atoms with Crippen LogP contribution < -0.4 is 25.5 Å². The van der Waals surface area contributed by atoms with Crippen LogP contribution in [0.1, 0.15) is 156 Å². The summed E-state index contributed by atoms with van der Waals surface area (Å²) in [6.07, 6.45) is 4.77. The maximum absolute atomic E-state index is 2.66. The Morgan fingerprint density at radius 2 is 0.986 bits per heavy atom. The molecule has 4 heteroatoms. The van der Waals surface area contributed by atoms with Gasteiger partial charge in [-0.25, -0.2) is 0 Å². The third kappa shape index (κ3) is 8.25. The summed E-state index contributed by atoms with van der Waals surface area (Å²) in [6, 6.07) is 53.2. The van der Waals surface area contributed by atoms with Crippen molar-refractivity contribution < 1.29 is 0 Å². The van der Waals surface area contributed by atoms with Crippen LogP contribution in [0, 0.1) is 0 Å². The van der Waals surface area contributed by atoms with Gasteiger partial charge in [-0.1, -0.05) is 183 Å². The minimum atomic E-state index is -0.0324. The zero-order valence-corrected chi connectivity index (χ0v) is 46.7. The fourth-order valence-electron chi connectivity index (χ4n) is 11.8. The lowest BCUT2D eigenvalue weighted by Crippen LogP contribution is -2.60. The highest BCUT2D eigenvalue weighted by Crippen LogP contribution is 2.51. The lowest BCUT2D eigenvalue weighted by Gasteiger charge is -2.44. The number of thiophene rings is 1. The molecule has 11 rings (SSSR count). The van der Waals surface area contributed by atoms with E-state index in [1.165, 1.54) is 134 Å². The van der Waals surface area contributed by atoms with Crippen LogP contribution >= 0.6 is 11.3 Å². The Kier molecular flexibility index (Phi) is 11.3. The smallest absolute Gasteiger partial charge is 0.264 e. The van der Waals surface area contributed by atoms with Crippen LogP contribution in [0.2, 0.25) is 0 Å². The first-order valence-electron chi connectivity index (χ1n) is 26.8. The fourth-order valence-corrected chi connectivity index (χ4v) is 13.1. The Labute approximate surface area is 436 Å². The van der Waals surface area contributed by atoms with E-state index >= 15 is 0 Å². The largest absolute Gasteiger partial charge is 0.311 e. The molecule has 0 atom stereocenters. The second-order valence-electron chi connectivity index (χ2n) is 26.6. The molecule has 2 nitrogen and oxygen atoms in total. The third-order valence-electron chi connectivity index (χ3n) is 16.2. The summed E-state index contributed by atoms with van der Waals surface area (Å²) in [4.78, 5) is 5.30. The number of rotatable bonds is 4. The lowest BCUT2D eigenvalue weighted by molar-refractivity contribution is 0.569. The van der Waals surface area contributed by atoms with E-state index in [4.69, 9.17) is 0 Å². The average Bonchev–Trinajstić information content (AvgIpc) is 3.70. The highest BCUT2D eigenvalue weighted by Gasteiger charge is 2.46. The molecule has 0 amide bonds. The molecule has 2 aliphatic heterocycles. The molecule has 0 saturated carbocycles. The summed E-state index contributed by atoms with van der Waals surface area (Å²) in [5.41, 5.74) is 25.4. The molecule has 0 N–H and O–H groups in total. The van der Waals surface area contributed by atoms with E-state index in [0.717, 1.165) is 12.8 Å². The molecule has 72 heavy (non-hydrogen) atoms. The van der Waals surface area contributed by atoms with Gasteiger partial charge < -0.3 is 9.80 Å². The summed E-state index contributed by atoms with van der Waals surface area (Å²) in [5, 5.41) is 1.33. The third-order valence-corrected chi connectivity index (χ3v) is 17.5. The van der Waals surface area contributed by atoms with Gasteiger partial charge in [0.2, 0.25) is 0 Å². The predicted octanol–water partition coefficient (Wildman–Crippen LogP) is 17.7. The van der Waals surface area contributed by atoms with Crippen molar-refractivity contribution in [3.63, 3.8) is 0 Å². The normalized spacial score (nSPS) is 14.8. The maximum atomic E-state index is 2.66. The molecule has 366 valence electrons. The van der Waals surface area contributed by atoms with Gasteiger partial charge in [0.15, 0.2) is 0 Å². The molecule has 0 fully saturated rings. The molecule has 8 aromatic rings. The van der Waals surface area contributed by atoms with E-state index < -0.39 is 0 Å². The highest BCUT2D eigenvalue weighted by atomic mass is 32.1.